The molecule has 0 saturated heterocycles. The topological polar surface area (TPSA) is 63.7 Å². The molecule has 0 fully saturated rings. The van der Waals surface area contributed by atoms with Crippen molar-refractivity contribution in [3.63, 3.8) is 0 Å². The second kappa shape index (κ2) is 8.39. The summed E-state index contributed by atoms with van der Waals surface area (Å²) in [5.74, 6) is 0.527. The maximum Gasteiger partial charge on any atom is 0.227 e. The molecule has 1 atom stereocenters. The van der Waals surface area contributed by atoms with E-state index >= 15 is 0 Å². The van der Waals surface area contributed by atoms with Gasteiger partial charge in [0.25, 0.3) is 0 Å². The van der Waals surface area contributed by atoms with Crippen LogP contribution >= 0.6 is 0 Å². The number of amides is 1. The Morgan fingerprint density at radius 2 is 1.81 bits per heavy atom. The normalized spacial score (nSPS) is 17.6. The Morgan fingerprint density at radius 3 is 2.41 bits per heavy atom. The van der Waals surface area contributed by atoms with Crippen molar-refractivity contribution in [1.29, 1.82) is 0 Å². The maximum atomic E-state index is 13.0. The van der Waals surface area contributed by atoms with Crippen molar-refractivity contribution in [2.45, 2.75) is 25.8 Å². The average molecular weight is 385 g/mol. The summed E-state index contributed by atoms with van der Waals surface area (Å²) in [7, 11) is -3.27. The van der Waals surface area contributed by atoms with E-state index < -0.39 is 15.9 Å². The quantitative estimate of drug-likeness (QED) is 0.733. The standard InChI is InChI=1S/C21H23NO4S/c1-2-26-20-11-9-18(10-12-20)22(19-14-15-27(24,25)16-19)21(23)13-8-17-6-4-3-5-7-17/h3-7,9-12,14-15,19H,2,8,13,16H2,1H3/t19-/m0/s1. The molecule has 0 aliphatic carbocycles. The van der Waals surface area contributed by atoms with E-state index in [2.05, 4.69) is 0 Å². The molecule has 1 heterocycles. The summed E-state index contributed by atoms with van der Waals surface area (Å²) < 4.78 is 29.2. The monoisotopic (exact) mass is 385 g/mol. The molecule has 0 bridgehead atoms. The molecule has 1 aliphatic heterocycles. The van der Waals surface area contributed by atoms with E-state index in [-0.39, 0.29) is 11.7 Å². The van der Waals surface area contributed by atoms with E-state index in [1.54, 1.807) is 35.2 Å². The highest BCUT2D eigenvalue weighted by Gasteiger charge is 2.31. The number of hydrogen-bond acceptors (Lipinski definition) is 4. The van der Waals surface area contributed by atoms with Crippen molar-refractivity contribution >= 4 is 21.4 Å². The number of aryl methyl sites for hydroxylation is 1. The highest BCUT2D eigenvalue weighted by molar-refractivity contribution is 7.94. The molecule has 0 radical (unpaired) electrons. The number of carbonyl (C=O) groups excluding carboxylic acids is 1. The molecule has 142 valence electrons. The molecule has 0 N–H and O–H groups in total. The number of anilines is 1. The Kier molecular flexibility index (Phi) is 5.96. The Hall–Kier alpha value is -2.60. The van der Waals surface area contributed by atoms with Gasteiger partial charge in [0.2, 0.25) is 5.91 Å². The number of benzene rings is 2. The molecular formula is C21H23NO4S. The second-order valence-corrected chi connectivity index (χ2v) is 8.33. The molecule has 2 aromatic carbocycles. The van der Waals surface area contributed by atoms with E-state index in [1.165, 1.54) is 5.41 Å². The van der Waals surface area contributed by atoms with Crippen molar-refractivity contribution in [2.24, 2.45) is 0 Å². The number of rotatable bonds is 7. The number of hydrogen-bond donors (Lipinski definition) is 0. The number of sulfone groups is 1. The Morgan fingerprint density at radius 1 is 1.11 bits per heavy atom. The van der Waals surface area contributed by atoms with Gasteiger partial charge < -0.3 is 9.64 Å². The molecule has 1 amide bonds. The van der Waals surface area contributed by atoms with Crippen molar-refractivity contribution < 1.29 is 17.9 Å². The fraction of sp³-hybridized carbons (Fsp3) is 0.286. The lowest BCUT2D eigenvalue weighted by Gasteiger charge is -2.28. The van der Waals surface area contributed by atoms with Crippen LogP contribution in [0.3, 0.4) is 0 Å². The Labute approximate surface area is 160 Å². The molecule has 6 heteroatoms. The molecule has 2 aromatic rings. The zero-order valence-corrected chi connectivity index (χ0v) is 16.1. The largest absolute Gasteiger partial charge is 0.494 e. The smallest absolute Gasteiger partial charge is 0.227 e. The minimum atomic E-state index is -3.27. The summed E-state index contributed by atoms with van der Waals surface area (Å²) in [6.07, 6.45) is 2.50. The highest BCUT2D eigenvalue weighted by Crippen LogP contribution is 2.26. The SMILES string of the molecule is CCOc1ccc(N(C(=O)CCc2ccccc2)[C@H]2C=CS(=O)(=O)C2)cc1. The Bertz CT molecular complexity index is 905. The van der Waals surface area contributed by atoms with E-state index in [1.807, 2.05) is 37.3 Å². The first kappa shape index (κ1) is 19.2. The van der Waals surface area contributed by atoms with Crippen molar-refractivity contribution in [3.8, 4) is 5.75 Å². The molecule has 27 heavy (non-hydrogen) atoms. The first-order valence-electron chi connectivity index (χ1n) is 8.98. The number of ether oxygens (including phenoxy) is 1. The fourth-order valence-corrected chi connectivity index (χ4v) is 4.39. The summed E-state index contributed by atoms with van der Waals surface area (Å²) >= 11 is 0. The van der Waals surface area contributed by atoms with E-state index in [0.29, 0.717) is 30.9 Å². The third kappa shape index (κ3) is 4.98. The Balaban J connectivity index is 1.81. The third-order valence-corrected chi connectivity index (χ3v) is 5.79. The summed E-state index contributed by atoms with van der Waals surface area (Å²) in [4.78, 5) is 14.6. The van der Waals surface area contributed by atoms with E-state index in [9.17, 15) is 13.2 Å². The molecule has 0 aromatic heterocycles. The molecule has 5 nitrogen and oxygen atoms in total. The van der Waals surface area contributed by atoms with E-state index in [4.69, 9.17) is 4.74 Å². The van der Waals surface area contributed by atoms with Gasteiger partial charge in [-0.3, -0.25) is 4.79 Å². The van der Waals surface area contributed by atoms with Gasteiger partial charge in [0.15, 0.2) is 9.84 Å². The van der Waals surface area contributed by atoms with Gasteiger partial charge >= 0.3 is 0 Å². The van der Waals surface area contributed by atoms with Crippen LogP contribution in [0, 0.1) is 0 Å². The van der Waals surface area contributed by atoms with Gasteiger partial charge in [0, 0.05) is 17.5 Å². The molecule has 0 spiro atoms. The minimum absolute atomic E-state index is 0.0860. The predicted molar refractivity (Wildman–Crippen MR) is 107 cm³/mol. The van der Waals surface area contributed by atoms with Crippen LogP contribution in [0.5, 0.6) is 5.75 Å². The van der Waals surface area contributed by atoms with Gasteiger partial charge in [-0.25, -0.2) is 8.42 Å². The van der Waals surface area contributed by atoms with E-state index in [0.717, 1.165) is 5.56 Å². The first-order chi connectivity index (χ1) is 13.0. The molecule has 1 aliphatic rings. The van der Waals surface area contributed by atoms with Crippen LogP contribution in [-0.2, 0) is 21.1 Å². The lowest BCUT2D eigenvalue weighted by atomic mass is 10.1. The highest BCUT2D eigenvalue weighted by atomic mass is 32.2. The lowest BCUT2D eigenvalue weighted by Crippen LogP contribution is -2.41. The van der Waals surface area contributed by atoms with Gasteiger partial charge in [-0.15, -0.1) is 0 Å². The van der Waals surface area contributed by atoms with Gasteiger partial charge in [-0.1, -0.05) is 30.3 Å². The van der Waals surface area contributed by atoms with Crippen molar-refractivity contribution in [1.82, 2.24) is 0 Å². The van der Waals surface area contributed by atoms with Gasteiger partial charge in [0.1, 0.15) is 5.75 Å². The van der Waals surface area contributed by atoms with Crippen LogP contribution in [-0.4, -0.2) is 32.7 Å². The fourth-order valence-electron chi connectivity index (χ4n) is 3.13. The predicted octanol–water partition coefficient (Wildman–Crippen LogP) is 3.36. The van der Waals surface area contributed by atoms with Gasteiger partial charge in [-0.05, 0) is 49.2 Å². The number of carbonyl (C=O) groups is 1. The number of nitrogens with zero attached hydrogens (tertiary/aromatic N) is 1. The maximum absolute atomic E-state index is 13.0. The lowest BCUT2D eigenvalue weighted by molar-refractivity contribution is -0.118. The molecular weight excluding hydrogens is 362 g/mol. The van der Waals surface area contributed by atoms with Crippen LogP contribution in [0.2, 0.25) is 0 Å². The van der Waals surface area contributed by atoms with Crippen molar-refractivity contribution in [3.05, 3.63) is 71.6 Å². The average Bonchev–Trinajstić information content (AvgIpc) is 3.02. The van der Waals surface area contributed by atoms with Crippen molar-refractivity contribution in [2.75, 3.05) is 17.3 Å². The second-order valence-electron chi connectivity index (χ2n) is 6.40. The summed E-state index contributed by atoms with van der Waals surface area (Å²) in [6, 6.07) is 16.5. The third-order valence-electron chi connectivity index (χ3n) is 4.41. The van der Waals surface area contributed by atoms with Gasteiger partial charge in [0.05, 0.1) is 18.4 Å². The minimum Gasteiger partial charge on any atom is -0.494 e. The van der Waals surface area contributed by atoms with Crippen LogP contribution in [0.25, 0.3) is 0 Å². The van der Waals surface area contributed by atoms with Gasteiger partial charge in [-0.2, -0.15) is 0 Å². The first-order valence-corrected chi connectivity index (χ1v) is 10.7. The van der Waals surface area contributed by atoms with Crippen LogP contribution < -0.4 is 9.64 Å². The summed E-state index contributed by atoms with van der Waals surface area (Å²) in [6.45, 7) is 2.46. The zero-order chi connectivity index (χ0) is 19.3. The summed E-state index contributed by atoms with van der Waals surface area (Å²) in [5, 5.41) is 1.20. The molecule has 3 rings (SSSR count). The van der Waals surface area contributed by atoms with Crippen LogP contribution in [0.1, 0.15) is 18.9 Å². The summed E-state index contributed by atoms with van der Waals surface area (Å²) in [5.41, 5.74) is 1.75. The molecule has 0 unspecified atom stereocenters. The molecule has 0 saturated carbocycles. The van der Waals surface area contributed by atoms with Crippen LogP contribution in [0.15, 0.2) is 66.1 Å². The van der Waals surface area contributed by atoms with Crippen LogP contribution in [0.4, 0.5) is 5.69 Å². The zero-order valence-electron chi connectivity index (χ0n) is 15.2.